The molecular formula is C13H17N3O. The molecule has 2 aromatic rings. The molecule has 0 saturated heterocycles. The van der Waals surface area contributed by atoms with Gasteiger partial charge in [-0.05, 0) is 26.0 Å². The Morgan fingerprint density at radius 2 is 2.00 bits per heavy atom. The number of imidazole rings is 1. The third kappa shape index (κ3) is 1.90. The van der Waals surface area contributed by atoms with E-state index in [0.717, 1.165) is 11.0 Å². The predicted octanol–water partition coefficient (Wildman–Crippen LogP) is 2.33. The van der Waals surface area contributed by atoms with Gasteiger partial charge in [-0.25, -0.2) is 4.98 Å². The van der Waals surface area contributed by atoms with E-state index in [1.54, 1.807) is 11.8 Å². The highest BCUT2D eigenvalue weighted by Crippen LogP contribution is 2.22. The van der Waals surface area contributed by atoms with Crippen LogP contribution in [0.15, 0.2) is 24.3 Å². The van der Waals surface area contributed by atoms with Crippen molar-refractivity contribution in [3.63, 3.8) is 0 Å². The van der Waals surface area contributed by atoms with Gasteiger partial charge in [-0.3, -0.25) is 9.69 Å². The number of fused-ring (bicyclic) bond motifs is 1. The molecule has 0 aliphatic heterocycles. The van der Waals surface area contributed by atoms with Crippen LogP contribution in [-0.2, 0) is 11.8 Å². The summed E-state index contributed by atoms with van der Waals surface area (Å²) >= 11 is 0. The Morgan fingerprint density at radius 3 is 2.53 bits per heavy atom. The molecule has 0 atom stereocenters. The molecular weight excluding hydrogens is 214 g/mol. The second-order valence-corrected chi connectivity index (χ2v) is 4.44. The second-order valence-electron chi connectivity index (χ2n) is 4.44. The number of amides is 1. The fourth-order valence-electron chi connectivity index (χ4n) is 2.08. The van der Waals surface area contributed by atoms with Crippen molar-refractivity contribution in [3.05, 3.63) is 24.3 Å². The Hall–Kier alpha value is -1.84. The molecule has 1 amide bonds. The molecule has 2 rings (SSSR count). The topological polar surface area (TPSA) is 38.1 Å². The highest BCUT2D eigenvalue weighted by molar-refractivity contribution is 5.92. The van der Waals surface area contributed by atoms with Crippen LogP contribution in [-0.4, -0.2) is 21.5 Å². The van der Waals surface area contributed by atoms with Gasteiger partial charge in [-0.1, -0.05) is 12.1 Å². The summed E-state index contributed by atoms with van der Waals surface area (Å²) in [6, 6.07) is 7.98. The fourth-order valence-corrected chi connectivity index (χ4v) is 2.08. The predicted molar refractivity (Wildman–Crippen MR) is 69.0 cm³/mol. The highest BCUT2D eigenvalue weighted by atomic mass is 16.2. The number of para-hydroxylation sites is 2. The number of rotatable bonds is 2. The number of carbonyl (C=O) groups is 1. The number of hydrogen-bond donors (Lipinski definition) is 0. The van der Waals surface area contributed by atoms with E-state index in [1.165, 1.54) is 0 Å². The molecule has 0 N–H and O–H groups in total. The minimum atomic E-state index is 0.0124. The number of aromatic nitrogens is 2. The monoisotopic (exact) mass is 231 g/mol. The lowest BCUT2D eigenvalue weighted by Crippen LogP contribution is -2.37. The molecule has 0 radical (unpaired) electrons. The third-order valence-corrected chi connectivity index (χ3v) is 2.83. The number of aryl methyl sites for hydroxylation is 1. The average molecular weight is 231 g/mol. The van der Waals surface area contributed by atoms with Gasteiger partial charge >= 0.3 is 0 Å². The molecule has 17 heavy (non-hydrogen) atoms. The van der Waals surface area contributed by atoms with E-state index in [2.05, 4.69) is 4.98 Å². The Kier molecular flexibility index (Phi) is 2.88. The zero-order valence-electron chi connectivity index (χ0n) is 10.6. The maximum atomic E-state index is 11.7. The van der Waals surface area contributed by atoms with E-state index in [0.29, 0.717) is 5.95 Å². The van der Waals surface area contributed by atoms with Crippen molar-refractivity contribution in [2.45, 2.75) is 26.8 Å². The zero-order chi connectivity index (χ0) is 12.6. The molecule has 90 valence electrons. The first-order valence-electron chi connectivity index (χ1n) is 5.73. The van der Waals surface area contributed by atoms with E-state index in [1.807, 2.05) is 49.7 Å². The summed E-state index contributed by atoms with van der Waals surface area (Å²) in [7, 11) is 1.93. The minimum Gasteiger partial charge on any atom is -0.313 e. The maximum Gasteiger partial charge on any atom is 0.226 e. The van der Waals surface area contributed by atoms with Crippen molar-refractivity contribution in [2.24, 2.45) is 7.05 Å². The van der Waals surface area contributed by atoms with E-state index in [4.69, 9.17) is 0 Å². The third-order valence-electron chi connectivity index (χ3n) is 2.83. The van der Waals surface area contributed by atoms with Crippen LogP contribution < -0.4 is 4.90 Å². The lowest BCUT2D eigenvalue weighted by atomic mass is 10.3. The Balaban J connectivity index is 2.61. The van der Waals surface area contributed by atoms with Crippen molar-refractivity contribution in [1.82, 2.24) is 9.55 Å². The number of carbonyl (C=O) groups excluding carboxylic acids is 1. The number of anilines is 1. The Morgan fingerprint density at radius 1 is 1.35 bits per heavy atom. The van der Waals surface area contributed by atoms with Gasteiger partial charge in [0.1, 0.15) is 0 Å². The maximum absolute atomic E-state index is 11.7. The number of hydrogen-bond acceptors (Lipinski definition) is 2. The lowest BCUT2D eigenvalue weighted by Gasteiger charge is -2.24. The lowest BCUT2D eigenvalue weighted by molar-refractivity contribution is -0.117. The quantitative estimate of drug-likeness (QED) is 0.795. The molecule has 0 unspecified atom stereocenters. The van der Waals surface area contributed by atoms with Gasteiger partial charge in [0.25, 0.3) is 0 Å². The van der Waals surface area contributed by atoms with Crippen LogP contribution in [0.25, 0.3) is 11.0 Å². The molecule has 4 nitrogen and oxygen atoms in total. The molecule has 4 heteroatoms. The zero-order valence-corrected chi connectivity index (χ0v) is 10.6. The molecule has 0 spiro atoms. The van der Waals surface area contributed by atoms with Gasteiger partial charge in [0.05, 0.1) is 11.0 Å². The molecule has 0 fully saturated rings. The molecule has 0 saturated carbocycles. The van der Waals surface area contributed by atoms with Crippen LogP contribution in [0.3, 0.4) is 0 Å². The molecule has 1 aromatic carbocycles. The van der Waals surface area contributed by atoms with Gasteiger partial charge in [-0.15, -0.1) is 0 Å². The SMILES string of the molecule is CC(=O)N(c1nc2ccccc2n1C)C(C)C. The van der Waals surface area contributed by atoms with Crippen LogP contribution in [0.2, 0.25) is 0 Å². The van der Waals surface area contributed by atoms with Crippen molar-refractivity contribution >= 4 is 22.9 Å². The number of benzene rings is 1. The fraction of sp³-hybridized carbons (Fsp3) is 0.385. The highest BCUT2D eigenvalue weighted by Gasteiger charge is 2.20. The van der Waals surface area contributed by atoms with Crippen LogP contribution in [0, 0.1) is 0 Å². The molecule has 0 aliphatic rings. The standard InChI is InChI=1S/C13H17N3O/c1-9(2)16(10(3)17)13-14-11-7-5-6-8-12(11)15(13)4/h5-9H,1-4H3. The van der Waals surface area contributed by atoms with E-state index < -0.39 is 0 Å². The van der Waals surface area contributed by atoms with Gasteiger partial charge in [-0.2, -0.15) is 0 Å². The van der Waals surface area contributed by atoms with Crippen LogP contribution in [0.1, 0.15) is 20.8 Å². The van der Waals surface area contributed by atoms with E-state index in [-0.39, 0.29) is 11.9 Å². The summed E-state index contributed by atoms with van der Waals surface area (Å²) in [5.74, 6) is 0.715. The van der Waals surface area contributed by atoms with Crippen LogP contribution in [0.4, 0.5) is 5.95 Å². The number of nitrogens with zero attached hydrogens (tertiary/aromatic N) is 3. The van der Waals surface area contributed by atoms with Crippen LogP contribution >= 0.6 is 0 Å². The average Bonchev–Trinajstić information content (AvgIpc) is 2.56. The van der Waals surface area contributed by atoms with Gasteiger partial charge in [0, 0.05) is 20.0 Å². The minimum absolute atomic E-state index is 0.0124. The first-order chi connectivity index (χ1) is 8.02. The summed E-state index contributed by atoms with van der Waals surface area (Å²) in [6.07, 6.45) is 0. The summed E-state index contributed by atoms with van der Waals surface area (Å²) < 4.78 is 1.96. The van der Waals surface area contributed by atoms with Crippen LogP contribution in [0.5, 0.6) is 0 Å². The van der Waals surface area contributed by atoms with Crippen molar-refractivity contribution in [3.8, 4) is 0 Å². The van der Waals surface area contributed by atoms with E-state index in [9.17, 15) is 4.79 Å². The first-order valence-corrected chi connectivity index (χ1v) is 5.73. The largest absolute Gasteiger partial charge is 0.313 e. The van der Waals surface area contributed by atoms with E-state index >= 15 is 0 Å². The van der Waals surface area contributed by atoms with Gasteiger partial charge in [0.2, 0.25) is 11.9 Å². The molecule has 1 heterocycles. The summed E-state index contributed by atoms with van der Waals surface area (Å²) in [6.45, 7) is 5.54. The van der Waals surface area contributed by atoms with Gasteiger partial charge < -0.3 is 4.57 Å². The second kappa shape index (κ2) is 4.20. The first kappa shape index (κ1) is 11.6. The summed E-state index contributed by atoms with van der Waals surface area (Å²) in [5.41, 5.74) is 1.95. The van der Waals surface area contributed by atoms with Crippen molar-refractivity contribution < 1.29 is 4.79 Å². The normalized spacial score (nSPS) is 11.1. The summed E-state index contributed by atoms with van der Waals surface area (Å²) in [5, 5.41) is 0. The van der Waals surface area contributed by atoms with Crippen molar-refractivity contribution in [1.29, 1.82) is 0 Å². The van der Waals surface area contributed by atoms with Crippen molar-refractivity contribution in [2.75, 3.05) is 4.90 Å². The Labute approximate surface area is 101 Å². The molecule has 1 aromatic heterocycles. The molecule has 0 aliphatic carbocycles. The summed E-state index contributed by atoms with van der Waals surface area (Å²) in [4.78, 5) is 17.9. The Bertz CT molecular complexity index is 557. The van der Waals surface area contributed by atoms with Gasteiger partial charge in [0.15, 0.2) is 0 Å². The smallest absolute Gasteiger partial charge is 0.226 e. The molecule has 0 bridgehead atoms.